The summed E-state index contributed by atoms with van der Waals surface area (Å²) in [6.45, 7) is 3.11. The number of benzene rings is 1. The molecule has 2 heterocycles. The van der Waals surface area contributed by atoms with Crippen molar-refractivity contribution in [1.29, 1.82) is 0 Å². The third-order valence-corrected chi connectivity index (χ3v) is 4.79. The largest absolute Gasteiger partial charge is 0.493 e. The van der Waals surface area contributed by atoms with Crippen LogP contribution in [0.3, 0.4) is 0 Å². The fraction of sp³-hybridized carbons (Fsp3) is 0.625. The average molecular weight is 280 g/mol. The summed E-state index contributed by atoms with van der Waals surface area (Å²) in [6, 6.07) is 9.01. The van der Waals surface area contributed by atoms with Crippen molar-refractivity contribution in [1.82, 2.24) is 4.90 Å². The SMILES string of the molecule is ClCC1CCCCCN1CC1COc2ccccc21. The van der Waals surface area contributed by atoms with E-state index in [-0.39, 0.29) is 0 Å². The Morgan fingerprint density at radius 1 is 1.21 bits per heavy atom. The molecule has 0 bridgehead atoms. The van der Waals surface area contributed by atoms with Gasteiger partial charge in [-0.15, -0.1) is 11.6 Å². The number of hydrogen-bond acceptors (Lipinski definition) is 2. The first kappa shape index (κ1) is 13.3. The fourth-order valence-corrected chi connectivity index (χ4v) is 3.66. The van der Waals surface area contributed by atoms with E-state index < -0.39 is 0 Å². The molecule has 3 heteroatoms. The molecule has 2 atom stereocenters. The third-order valence-electron chi connectivity index (χ3n) is 4.43. The highest BCUT2D eigenvalue weighted by Crippen LogP contribution is 2.34. The van der Waals surface area contributed by atoms with Crippen molar-refractivity contribution in [3.8, 4) is 5.75 Å². The predicted octanol–water partition coefficient (Wildman–Crippen LogP) is 3.65. The van der Waals surface area contributed by atoms with Gasteiger partial charge in [0.05, 0.1) is 6.61 Å². The average Bonchev–Trinajstić information content (AvgIpc) is 2.71. The van der Waals surface area contributed by atoms with E-state index in [1.54, 1.807) is 0 Å². The van der Waals surface area contributed by atoms with Crippen molar-refractivity contribution in [2.75, 3.05) is 25.6 Å². The lowest BCUT2D eigenvalue weighted by Crippen LogP contribution is -2.39. The molecule has 0 amide bonds. The summed E-state index contributed by atoms with van der Waals surface area (Å²) >= 11 is 6.16. The normalized spacial score (nSPS) is 27.6. The molecule has 0 N–H and O–H groups in total. The van der Waals surface area contributed by atoms with Crippen LogP contribution in [0.4, 0.5) is 0 Å². The zero-order valence-corrected chi connectivity index (χ0v) is 12.1. The Morgan fingerprint density at radius 3 is 3.00 bits per heavy atom. The lowest BCUT2D eigenvalue weighted by atomic mass is 10.00. The van der Waals surface area contributed by atoms with Gasteiger partial charge in [-0.2, -0.15) is 0 Å². The van der Waals surface area contributed by atoms with E-state index in [4.69, 9.17) is 16.3 Å². The standard InChI is InChI=1S/C16H22ClNO/c17-10-14-6-2-1-5-9-18(14)11-13-12-19-16-8-4-3-7-15(13)16/h3-4,7-8,13-14H,1-2,5-6,9-12H2. The number of halogens is 1. The zero-order valence-electron chi connectivity index (χ0n) is 11.4. The Morgan fingerprint density at radius 2 is 2.11 bits per heavy atom. The molecule has 1 aromatic rings. The minimum atomic E-state index is 0.514. The Hall–Kier alpha value is -0.730. The Bertz CT molecular complexity index is 423. The second-order valence-electron chi connectivity index (χ2n) is 5.70. The first-order valence-corrected chi connectivity index (χ1v) is 7.93. The zero-order chi connectivity index (χ0) is 13.1. The molecular formula is C16H22ClNO. The van der Waals surface area contributed by atoms with Gasteiger partial charge in [0.2, 0.25) is 0 Å². The van der Waals surface area contributed by atoms with Crippen LogP contribution in [0.5, 0.6) is 5.75 Å². The molecule has 1 saturated heterocycles. The second kappa shape index (κ2) is 6.15. The van der Waals surface area contributed by atoms with Gasteiger partial charge in [-0.25, -0.2) is 0 Å². The summed E-state index contributed by atoms with van der Waals surface area (Å²) < 4.78 is 5.79. The van der Waals surface area contributed by atoms with E-state index in [0.717, 1.165) is 24.8 Å². The predicted molar refractivity (Wildman–Crippen MR) is 79.2 cm³/mol. The van der Waals surface area contributed by atoms with Gasteiger partial charge in [-0.1, -0.05) is 31.0 Å². The van der Waals surface area contributed by atoms with Crippen LogP contribution in [0.15, 0.2) is 24.3 Å². The fourth-order valence-electron chi connectivity index (χ4n) is 3.32. The molecule has 1 fully saturated rings. The first-order valence-electron chi connectivity index (χ1n) is 7.40. The highest BCUT2D eigenvalue weighted by atomic mass is 35.5. The van der Waals surface area contributed by atoms with Crippen LogP contribution >= 0.6 is 11.6 Å². The van der Waals surface area contributed by atoms with E-state index >= 15 is 0 Å². The van der Waals surface area contributed by atoms with E-state index in [1.807, 2.05) is 0 Å². The second-order valence-corrected chi connectivity index (χ2v) is 6.01. The molecule has 104 valence electrons. The van der Waals surface area contributed by atoms with Crippen molar-refractivity contribution in [2.24, 2.45) is 0 Å². The van der Waals surface area contributed by atoms with Crippen molar-refractivity contribution in [2.45, 2.75) is 37.6 Å². The summed E-state index contributed by atoms with van der Waals surface area (Å²) in [5.74, 6) is 2.35. The number of rotatable bonds is 3. The van der Waals surface area contributed by atoms with Gasteiger partial charge >= 0.3 is 0 Å². The summed E-state index contributed by atoms with van der Waals surface area (Å²) in [6.07, 6.45) is 5.23. The molecular weight excluding hydrogens is 258 g/mol. The highest BCUT2D eigenvalue weighted by Gasteiger charge is 2.28. The van der Waals surface area contributed by atoms with Crippen molar-refractivity contribution in [3.63, 3.8) is 0 Å². The molecule has 0 aromatic heterocycles. The van der Waals surface area contributed by atoms with Crippen LogP contribution in [0.1, 0.15) is 37.2 Å². The van der Waals surface area contributed by atoms with Gasteiger partial charge in [0.15, 0.2) is 0 Å². The maximum absolute atomic E-state index is 6.16. The number of alkyl halides is 1. The highest BCUT2D eigenvalue weighted by molar-refractivity contribution is 6.18. The monoisotopic (exact) mass is 279 g/mol. The minimum Gasteiger partial charge on any atom is -0.493 e. The molecule has 1 aromatic carbocycles. The van der Waals surface area contributed by atoms with Crippen LogP contribution < -0.4 is 4.74 Å². The van der Waals surface area contributed by atoms with Crippen molar-refractivity contribution in [3.05, 3.63) is 29.8 Å². The molecule has 3 rings (SSSR count). The summed E-state index contributed by atoms with van der Waals surface area (Å²) in [4.78, 5) is 2.59. The molecule has 19 heavy (non-hydrogen) atoms. The van der Waals surface area contributed by atoms with Crippen LogP contribution in [0, 0.1) is 0 Å². The summed E-state index contributed by atoms with van der Waals surface area (Å²) in [5.41, 5.74) is 1.38. The van der Waals surface area contributed by atoms with Gasteiger partial charge in [0.25, 0.3) is 0 Å². The van der Waals surface area contributed by atoms with Crippen LogP contribution in [-0.2, 0) is 0 Å². The Kier molecular flexibility index (Phi) is 4.29. The van der Waals surface area contributed by atoms with Crippen molar-refractivity contribution >= 4 is 11.6 Å². The first-order chi connectivity index (χ1) is 9.38. The summed E-state index contributed by atoms with van der Waals surface area (Å²) in [5, 5.41) is 0. The number of nitrogens with zero attached hydrogens (tertiary/aromatic N) is 1. The number of likely N-dealkylation sites (tertiary alicyclic amines) is 1. The van der Waals surface area contributed by atoms with Gasteiger partial charge < -0.3 is 4.74 Å². The number of fused-ring (bicyclic) bond motifs is 1. The molecule has 2 nitrogen and oxygen atoms in total. The molecule has 0 saturated carbocycles. The molecule has 0 aliphatic carbocycles. The topological polar surface area (TPSA) is 12.5 Å². The van der Waals surface area contributed by atoms with Gasteiger partial charge in [0, 0.05) is 29.9 Å². The maximum Gasteiger partial charge on any atom is 0.122 e. The minimum absolute atomic E-state index is 0.514. The molecule has 2 aliphatic heterocycles. The number of hydrogen-bond donors (Lipinski definition) is 0. The quantitative estimate of drug-likeness (QED) is 0.783. The smallest absolute Gasteiger partial charge is 0.122 e. The Balaban J connectivity index is 1.70. The number of ether oxygens (including phenoxy) is 1. The van der Waals surface area contributed by atoms with Crippen molar-refractivity contribution < 1.29 is 4.74 Å². The Labute approximate surface area is 120 Å². The van der Waals surface area contributed by atoms with E-state index in [0.29, 0.717) is 12.0 Å². The van der Waals surface area contributed by atoms with Crippen LogP contribution in [0.2, 0.25) is 0 Å². The molecule has 0 spiro atoms. The molecule has 0 radical (unpaired) electrons. The van der Waals surface area contributed by atoms with Gasteiger partial charge in [0.1, 0.15) is 5.75 Å². The van der Waals surface area contributed by atoms with E-state index in [2.05, 4.69) is 29.2 Å². The lowest BCUT2D eigenvalue weighted by molar-refractivity contribution is 0.190. The molecule has 2 aliphatic rings. The third kappa shape index (κ3) is 2.90. The van der Waals surface area contributed by atoms with E-state index in [1.165, 1.54) is 37.8 Å². The van der Waals surface area contributed by atoms with Crippen LogP contribution in [0.25, 0.3) is 0 Å². The van der Waals surface area contributed by atoms with Crippen LogP contribution in [-0.4, -0.2) is 36.5 Å². The lowest BCUT2D eigenvalue weighted by Gasteiger charge is -2.30. The number of para-hydroxylation sites is 1. The molecule has 2 unspecified atom stereocenters. The summed E-state index contributed by atoms with van der Waals surface area (Å²) in [7, 11) is 0. The maximum atomic E-state index is 6.16. The van der Waals surface area contributed by atoms with Gasteiger partial charge in [-0.05, 0) is 25.5 Å². The van der Waals surface area contributed by atoms with E-state index in [9.17, 15) is 0 Å². The van der Waals surface area contributed by atoms with Gasteiger partial charge in [-0.3, -0.25) is 4.90 Å².